The Kier molecular flexibility index (Phi) is 5.03. The molecule has 128 valence electrons. The van der Waals surface area contributed by atoms with Gasteiger partial charge in [0, 0.05) is 11.1 Å². The van der Waals surface area contributed by atoms with Gasteiger partial charge in [0.15, 0.2) is 28.8 Å². The van der Waals surface area contributed by atoms with E-state index in [2.05, 4.69) is 0 Å². The first-order chi connectivity index (χ1) is 11.4. The van der Waals surface area contributed by atoms with Crippen LogP contribution >= 0.6 is 0 Å². The molecular formula is C17H20N2O5. The highest BCUT2D eigenvalue weighted by atomic mass is 16.5. The lowest BCUT2D eigenvalue weighted by Gasteiger charge is -2.12. The smallest absolute Gasteiger partial charge is 0.193 e. The molecule has 7 nitrogen and oxygen atoms in total. The molecule has 0 saturated heterocycles. The van der Waals surface area contributed by atoms with Gasteiger partial charge < -0.3 is 31.2 Å². The number of benzene rings is 2. The summed E-state index contributed by atoms with van der Waals surface area (Å²) < 4.78 is 10.6. The zero-order valence-corrected chi connectivity index (χ0v) is 13.5. The highest BCUT2D eigenvalue weighted by Crippen LogP contribution is 2.37. The molecule has 7 heteroatoms. The Balaban J connectivity index is 2.49. The van der Waals surface area contributed by atoms with Crippen LogP contribution < -0.4 is 20.9 Å². The van der Waals surface area contributed by atoms with Gasteiger partial charge in [-0.3, -0.25) is 4.79 Å². The third-order valence-corrected chi connectivity index (χ3v) is 3.33. The number of anilines is 2. The van der Waals surface area contributed by atoms with Crippen molar-refractivity contribution >= 4 is 17.2 Å². The standard InChI is InChI=1S/C17H20N2O5/c1-3-23-13-7-9(5-11(18)16(13)21)15(20)10-6-12(19)17(22)14(8-10)24-4-2/h5-8,21-22H,3-4,18-19H2,1-2H3. The minimum atomic E-state index is -0.393. The first-order valence-corrected chi connectivity index (χ1v) is 7.44. The second kappa shape index (κ2) is 6.99. The predicted octanol–water partition coefficient (Wildman–Crippen LogP) is 2.29. The maximum Gasteiger partial charge on any atom is 0.193 e. The number of carbonyl (C=O) groups is 1. The van der Waals surface area contributed by atoms with Crippen LogP contribution in [0.3, 0.4) is 0 Å². The van der Waals surface area contributed by atoms with Crippen LogP contribution in [0.1, 0.15) is 29.8 Å². The zero-order chi connectivity index (χ0) is 17.9. The van der Waals surface area contributed by atoms with E-state index in [1.54, 1.807) is 13.8 Å². The first kappa shape index (κ1) is 17.3. The van der Waals surface area contributed by atoms with Gasteiger partial charge >= 0.3 is 0 Å². The van der Waals surface area contributed by atoms with Crippen molar-refractivity contribution in [2.45, 2.75) is 13.8 Å². The molecule has 0 aliphatic carbocycles. The van der Waals surface area contributed by atoms with E-state index in [0.717, 1.165) is 0 Å². The average Bonchev–Trinajstić information content (AvgIpc) is 2.55. The highest BCUT2D eigenvalue weighted by Gasteiger charge is 2.18. The molecule has 0 aromatic heterocycles. The normalized spacial score (nSPS) is 10.4. The maximum absolute atomic E-state index is 12.7. The van der Waals surface area contributed by atoms with E-state index in [4.69, 9.17) is 20.9 Å². The number of phenolic OH excluding ortho intramolecular Hbond substituents is 2. The SMILES string of the molecule is CCOc1cc(C(=O)c2cc(N)c(O)c(OCC)c2)cc(N)c1O. The Morgan fingerprint density at radius 3 is 1.58 bits per heavy atom. The molecule has 0 saturated carbocycles. The van der Waals surface area contributed by atoms with Gasteiger partial charge in [0.25, 0.3) is 0 Å². The zero-order valence-electron chi connectivity index (χ0n) is 13.5. The van der Waals surface area contributed by atoms with Gasteiger partial charge in [0.2, 0.25) is 0 Å². The molecule has 0 aliphatic rings. The van der Waals surface area contributed by atoms with Crippen LogP contribution in [0.2, 0.25) is 0 Å². The summed E-state index contributed by atoms with van der Waals surface area (Å²) in [7, 11) is 0. The van der Waals surface area contributed by atoms with E-state index in [0.29, 0.717) is 13.2 Å². The molecule has 6 N–H and O–H groups in total. The number of nitrogen functional groups attached to an aromatic ring is 2. The summed E-state index contributed by atoms with van der Waals surface area (Å²) in [6.07, 6.45) is 0. The molecule has 2 aromatic carbocycles. The average molecular weight is 332 g/mol. The molecule has 2 rings (SSSR count). The fraction of sp³-hybridized carbons (Fsp3) is 0.235. The van der Waals surface area contributed by atoms with Crippen LogP contribution in [0, 0.1) is 0 Å². The fourth-order valence-electron chi connectivity index (χ4n) is 2.22. The van der Waals surface area contributed by atoms with Crippen LogP contribution in [0.4, 0.5) is 11.4 Å². The number of carbonyl (C=O) groups excluding carboxylic acids is 1. The number of nitrogens with two attached hydrogens (primary N) is 2. The third-order valence-electron chi connectivity index (χ3n) is 3.33. The molecule has 0 fully saturated rings. The summed E-state index contributed by atoms with van der Waals surface area (Å²) in [5, 5.41) is 19.7. The predicted molar refractivity (Wildman–Crippen MR) is 90.8 cm³/mol. The van der Waals surface area contributed by atoms with Crippen molar-refractivity contribution in [3.63, 3.8) is 0 Å². The Bertz CT molecular complexity index is 711. The second-order valence-electron chi connectivity index (χ2n) is 5.02. The summed E-state index contributed by atoms with van der Waals surface area (Å²) in [6, 6.07) is 5.51. The summed E-state index contributed by atoms with van der Waals surface area (Å²) in [4.78, 5) is 12.7. The molecule has 0 radical (unpaired) electrons. The summed E-state index contributed by atoms with van der Waals surface area (Å²) >= 11 is 0. The molecule has 0 unspecified atom stereocenters. The van der Waals surface area contributed by atoms with E-state index in [1.165, 1.54) is 24.3 Å². The minimum absolute atomic E-state index is 0.0288. The lowest BCUT2D eigenvalue weighted by Crippen LogP contribution is -2.06. The highest BCUT2D eigenvalue weighted by molar-refractivity contribution is 6.10. The molecule has 2 aromatic rings. The summed E-state index contributed by atoms with van der Waals surface area (Å²) in [5.74, 6) is -0.576. The van der Waals surface area contributed by atoms with Crippen LogP contribution in [0.5, 0.6) is 23.0 Å². The van der Waals surface area contributed by atoms with Gasteiger partial charge in [-0.1, -0.05) is 0 Å². The van der Waals surface area contributed by atoms with Crippen LogP contribution in [-0.2, 0) is 0 Å². The van der Waals surface area contributed by atoms with Crippen molar-refractivity contribution in [3.8, 4) is 23.0 Å². The molecule has 0 atom stereocenters. The lowest BCUT2D eigenvalue weighted by molar-refractivity contribution is 0.103. The van der Waals surface area contributed by atoms with Gasteiger partial charge in [0.1, 0.15) is 0 Å². The Morgan fingerprint density at radius 2 is 1.25 bits per heavy atom. The Morgan fingerprint density at radius 1 is 0.875 bits per heavy atom. The first-order valence-electron chi connectivity index (χ1n) is 7.44. The van der Waals surface area contributed by atoms with Crippen molar-refractivity contribution in [2.24, 2.45) is 0 Å². The number of hydrogen-bond donors (Lipinski definition) is 4. The second-order valence-corrected chi connectivity index (χ2v) is 5.02. The van der Waals surface area contributed by atoms with Crippen molar-refractivity contribution in [1.82, 2.24) is 0 Å². The maximum atomic E-state index is 12.7. The van der Waals surface area contributed by atoms with Crippen LogP contribution in [0.25, 0.3) is 0 Å². The van der Waals surface area contributed by atoms with E-state index < -0.39 is 5.78 Å². The number of aromatic hydroxyl groups is 2. The largest absolute Gasteiger partial charge is 0.503 e. The van der Waals surface area contributed by atoms with E-state index >= 15 is 0 Å². The van der Waals surface area contributed by atoms with E-state index in [1.807, 2.05) is 0 Å². The van der Waals surface area contributed by atoms with E-state index in [-0.39, 0.29) is 45.5 Å². The molecule has 0 bridgehead atoms. The number of rotatable bonds is 6. The van der Waals surface area contributed by atoms with Gasteiger partial charge in [-0.25, -0.2) is 0 Å². The third kappa shape index (κ3) is 3.29. The van der Waals surface area contributed by atoms with Gasteiger partial charge in [-0.05, 0) is 38.1 Å². The number of hydrogen-bond acceptors (Lipinski definition) is 7. The van der Waals surface area contributed by atoms with Crippen molar-refractivity contribution < 1.29 is 24.5 Å². The quantitative estimate of drug-likeness (QED) is 0.363. The number of ether oxygens (including phenoxy) is 2. The van der Waals surface area contributed by atoms with Crippen LogP contribution in [-0.4, -0.2) is 29.2 Å². The summed E-state index contributed by atoms with van der Waals surface area (Å²) in [5.41, 5.74) is 12.0. The monoisotopic (exact) mass is 332 g/mol. The molecule has 0 amide bonds. The van der Waals surface area contributed by atoms with Gasteiger partial charge in [-0.15, -0.1) is 0 Å². The van der Waals surface area contributed by atoms with Crippen molar-refractivity contribution in [2.75, 3.05) is 24.7 Å². The fourth-order valence-corrected chi connectivity index (χ4v) is 2.22. The van der Waals surface area contributed by atoms with Crippen LogP contribution in [0.15, 0.2) is 24.3 Å². The summed E-state index contributed by atoms with van der Waals surface area (Å²) in [6.45, 7) is 4.12. The Labute approximate surface area is 139 Å². The molecule has 0 aliphatic heterocycles. The lowest BCUT2D eigenvalue weighted by atomic mass is 10.0. The molecule has 0 spiro atoms. The van der Waals surface area contributed by atoms with Gasteiger partial charge in [0.05, 0.1) is 24.6 Å². The number of ketones is 1. The number of phenols is 2. The van der Waals surface area contributed by atoms with Gasteiger partial charge in [-0.2, -0.15) is 0 Å². The molecule has 0 heterocycles. The Hall–Kier alpha value is -3.09. The topological polar surface area (TPSA) is 128 Å². The molecular weight excluding hydrogens is 312 g/mol. The molecule has 24 heavy (non-hydrogen) atoms. The minimum Gasteiger partial charge on any atom is -0.503 e. The van der Waals surface area contributed by atoms with Crippen molar-refractivity contribution in [3.05, 3.63) is 35.4 Å². The van der Waals surface area contributed by atoms with E-state index in [9.17, 15) is 15.0 Å². The van der Waals surface area contributed by atoms with Crippen molar-refractivity contribution in [1.29, 1.82) is 0 Å².